The van der Waals surface area contributed by atoms with Gasteiger partial charge in [-0.25, -0.2) is 0 Å². The lowest BCUT2D eigenvalue weighted by atomic mass is 10.1. The molecule has 0 saturated carbocycles. The standard InChI is InChI=1S/C17H19N3O3/c21-14-2-1-3-16(11-14)23-15-4-8-20(9-5-15)17(22)10-13-12-18-6-7-19-13/h1-3,6-7,11-12,15,21H,4-5,8-10H2. The number of hydrogen-bond acceptors (Lipinski definition) is 5. The fourth-order valence-corrected chi connectivity index (χ4v) is 2.66. The summed E-state index contributed by atoms with van der Waals surface area (Å²) in [7, 11) is 0. The lowest BCUT2D eigenvalue weighted by Gasteiger charge is -2.32. The molecule has 1 fully saturated rings. The van der Waals surface area contributed by atoms with Gasteiger partial charge < -0.3 is 14.7 Å². The average Bonchev–Trinajstić information content (AvgIpc) is 2.56. The molecule has 2 heterocycles. The summed E-state index contributed by atoms with van der Waals surface area (Å²) < 4.78 is 5.86. The van der Waals surface area contributed by atoms with Crippen LogP contribution in [0.15, 0.2) is 42.9 Å². The van der Waals surface area contributed by atoms with Crippen LogP contribution in [0.2, 0.25) is 0 Å². The van der Waals surface area contributed by atoms with Crippen LogP contribution in [-0.4, -0.2) is 45.1 Å². The first-order valence-corrected chi connectivity index (χ1v) is 7.69. The van der Waals surface area contributed by atoms with Gasteiger partial charge in [-0.15, -0.1) is 0 Å². The summed E-state index contributed by atoms with van der Waals surface area (Å²) in [5, 5.41) is 9.45. The number of ether oxygens (including phenoxy) is 1. The summed E-state index contributed by atoms with van der Waals surface area (Å²) >= 11 is 0. The van der Waals surface area contributed by atoms with Crippen molar-refractivity contribution >= 4 is 5.91 Å². The van der Waals surface area contributed by atoms with Crippen molar-refractivity contribution in [3.05, 3.63) is 48.5 Å². The van der Waals surface area contributed by atoms with Crippen molar-refractivity contribution in [2.45, 2.75) is 25.4 Å². The van der Waals surface area contributed by atoms with Crippen LogP contribution in [0, 0.1) is 0 Å². The lowest BCUT2D eigenvalue weighted by Crippen LogP contribution is -2.42. The minimum Gasteiger partial charge on any atom is -0.508 e. The van der Waals surface area contributed by atoms with E-state index in [0.29, 0.717) is 24.5 Å². The first kappa shape index (κ1) is 15.3. The van der Waals surface area contributed by atoms with Gasteiger partial charge >= 0.3 is 0 Å². The van der Waals surface area contributed by atoms with E-state index in [9.17, 15) is 9.90 Å². The second kappa shape index (κ2) is 7.09. The molecule has 1 aliphatic rings. The fraction of sp³-hybridized carbons (Fsp3) is 0.353. The molecule has 3 rings (SSSR count). The number of aromatic nitrogens is 2. The van der Waals surface area contributed by atoms with Crippen LogP contribution >= 0.6 is 0 Å². The van der Waals surface area contributed by atoms with E-state index in [-0.39, 0.29) is 24.2 Å². The molecule has 0 bridgehead atoms. The van der Waals surface area contributed by atoms with E-state index in [2.05, 4.69) is 9.97 Å². The van der Waals surface area contributed by atoms with Crippen molar-refractivity contribution in [2.75, 3.05) is 13.1 Å². The number of likely N-dealkylation sites (tertiary alicyclic amines) is 1. The van der Waals surface area contributed by atoms with Gasteiger partial charge in [-0.1, -0.05) is 6.07 Å². The molecule has 0 aliphatic carbocycles. The summed E-state index contributed by atoms with van der Waals surface area (Å²) in [6.45, 7) is 1.34. The SMILES string of the molecule is O=C(Cc1cnccn1)N1CCC(Oc2cccc(O)c2)CC1. The van der Waals surface area contributed by atoms with Crippen LogP contribution in [0.3, 0.4) is 0 Å². The molecule has 1 saturated heterocycles. The number of piperidine rings is 1. The molecule has 0 atom stereocenters. The number of rotatable bonds is 4. The van der Waals surface area contributed by atoms with Crippen LogP contribution in [0.25, 0.3) is 0 Å². The Balaban J connectivity index is 1.49. The highest BCUT2D eigenvalue weighted by Gasteiger charge is 2.24. The summed E-state index contributed by atoms with van der Waals surface area (Å²) in [6.07, 6.45) is 6.72. The van der Waals surface area contributed by atoms with Crippen LogP contribution in [0.5, 0.6) is 11.5 Å². The van der Waals surface area contributed by atoms with Crippen molar-refractivity contribution in [3.8, 4) is 11.5 Å². The summed E-state index contributed by atoms with van der Waals surface area (Å²) in [4.78, 5) is 22.2. The van der Waals surface area contributed by atoms with Crippen molar-refractivity contribution in [2.24, 2.45) is 0 Å². The first-order chi connectivity index (χ1) is 11.2. The van der Waals surface area contributed by atoms with Gasteiger partial charge in [-0.3, -0.25) is 14.8 Å². The second-order valence-electron chi connectivity index (χ2n) is 5.57. The Morgan fingerprint density at radius 3 is 2.83 bits per heavy atom. The molecular weight excluding hydrogens is 294 g/mol. The third kappa shape index (κ3) is 4.18. The van der Waals surface area contributed by atoms with Crippen molar-refractivity contribution < 1.29 is 14.6 Å². The fourth-order valence-electron chi connectivity index (χ4n) is 2.66. The zero-order valence-electron chi connectivity index (χ0n) is 12.8. The van der Waals surface area contributed by atoms with Crippen molar-refractivity contribution in [1.82, 2.24) is 14.9 Å². The highest BCUT2D eigenvalue weighted by Crippen LogP contribution is 2.22. The number of benzene rings is 1. The van der Waals surface area contributed by atoms with Gasteiger partial charge in [0.25, 0.3) is 0 Å². The van der Waals surface area contributed by atoms with Gasteiger partial charge in [-0.2, -0.15) is 0 Å². The number of nitrogens with zero attached hydrogens (tertiary/aromatic N) is 3. The molecule has 1 amide bonds. The molecule has 0 unspecified atom stereocenters. The molecule has 1 aromatic carbocycles. The highest BCUT2D eigenvalue weighted by atomic mass is 16.5. The van der Waals surface area contributed by atoms with E-state index in [1.165, 1.54) is 0 Å². The van der Waals surface area contributed by atoms with E-state index >= 15 is 0 Å². The normalized spacial score (nSPS) is 15.4. The van der Waals surface area contributed by atoms with E-state index in [1.54, 1.807) is 36.8 Å². The first-order valence-electron chi connectivity index (χ1n) is 7.69. The number of phenolic OH excluding ortho intramolecular Hbond substituents is 1. The van der Waals surface area contributed by atoms with Crippen LogP contribution < -0.4 is 4.74 Å². The van der Waals surface area contributed by atoms with Gasteiger partial charge in [0.1, 0.15) is 17.6 Å². The summed E-state index contributed by atoms with van der Waals surface area (Å²) in [5.41, 5.74) is 0.690. The quantitative estimate of drug-likeness (QED) is 0.931. The third-order valence-electron chi connectivity index (χ3n) is 3.86. The molecule has 120 valence electrons. The second-order valence-corrected chi connectivity index (χ2v) is 5.57. The van der Waals surface area contributed by atoms with Crippen LogP contribution in [-0.2, 0) is 11.2 Å². The minimum atomic E-state index is 0.0670. The lowest BCUT2D eigenvalue weighted by molar-refractivity contribution is -0.132. The molecule has 1 aliphatic heterocycles. The molecule has 6 nitrogen and oxygen atoms in total. The maximum absolute atomic E-state index is 12.3. The zero-order chi connectivity index (χ0) is 16.1. The molecular formula is C17H19N3O3. The van der Waals surface area contributed by atoms with Gasteiger partial charge in [0.2, 0.25) is 5.91 Å². The van der Waals surface area contributed by atoms with E-state index in [4.69, 9.17) is 4.74 Å². The number of phenols is 1. The van der Waals surface area contributed by atoms with Crippen LogP contribution in [0.4, 0.5) is 0 Å². The molecule has 1 aromatic heterocycles. The number of aromatic hydroxyl groups is 1. The molecule has 1 N–H and O–H groups in total. The summed E-state index contributed by atoms with van der Waals surface area (Å²) in [5.74, 6) is 0.926. The molecule has 0 radical (unpaired) electrons. The van der Waals surface area contributed by atoms with E-state index in [0.717, 1.165) is 12.8 Å². The third-order valence-corrected chi connectivity index (χ3v) is 3.86. The van der Waals surface area contributed by atoms with Gasteiger partial charge in [0, 0.05) is 50.6 Å². The van der Waals surface area contributed by atoms with Gasteiger partial charge in [0.15, 0.2) is 0 Å². The minimum absolute atomic E-state index is 0.0670. The predicted molar refractivity (Wildman–Crippen MR) is 84.1 cm³/mol. The van der Waals surface area contributed by atoms with E-state index in [1.807, 2.05) is 11.0 Å². The van der Waals surface area contributed by atoms with Crippen molar-refractivity contribution in [3.63, 3.8) is 0 Å². The monoisotopic (exact) mass is 313 g/mol. The average molecular weight is 313 g/mol. The number of hydrogen-bond donors (Lipinski definition) is 1. The Kier molecular flexibility index (Phi) is 4.71. The Bertz CT molecular complexity index is 655. The highest BCUT2D eigenvalue weighted by molar-refractivity contribution is 5.78. The van der Waals surface area contributed by atoms with E-state index < -0.39 is 0 Å². The Hall–Kier alpha value is -2.63. The Morgan fingerprint density at radius 1 is 1.30 bits per heavy atom. The number of carbonyl (C=O) groups excluding carboxylic acids is 1. The van der Waals surface area contributed by atoms with Gasteiger partial charge in [-0.05, 0) is 12.1 Å². The molecule has 6 heteroatoms. The number of carbonyl (C=O) groups is 1. The van der Waals surface area contributed by atoms with Crippen LogP contribution in [0.1, 0.15) is 18.5 Å². The zero-order valence-corrected chi connectivity index (χ0v) is 12.8. The Morgan fingerprint density at radius 2 is 2.13 bits per heavy atom. The summed E-state index contributed by atoms with van der Waals surface area (Å²) in [6, 6.07) is 6.79. The number of amides is 1. The maximum atomic E-state index is 12.3. The van der Waals surface area contributed by atoms with Gasteiger partial charge in [0.05, 0.1) is 12.1 Å². The van der Waals surface area contributed by atoms with Crippen molar-refractivity contribution in [1.29, 1.82) is 0 Å². The maximum Gasteiger partial charge on any atom is 0.228 e. The predicted octanol–water partition coefficient (Wildman–Crippen LogP) is 1.79. The molecule has 2 aromatic rings. The largest absolute Gasteiger partial charge is 0.508 e. The Labute approximate surface area is 134 Å². The smallest absolute Gasteiger partial charge is 0.228 e. The molecule has 0 spiro atoms. The molecule has 23 heavy (non-hydrogen) atoms. The topological polar surface area (TPSA) is 75.6 Å².